The van der Waals surface area contributed by atoms with Crippen LogP contribution in [0.1, 0.15) is 40.4 Å². The van der Waals surface area contributed by atoms with Crippen molar-refractivity contribution < 1.29 is 9.21 Å². The van der Waals surface area contributed by atoms with Gasteiger partial charge in [-0.05, 0) is 48.9 Å². The number of ketones is 1. The number of rotatable bonds is 0. The quantitative estimate of drug-likeness (QED) is 0.686. The van der Waals surface area contributed by atoms with E-state index in [-0.39, 0.29) is 0 Å². The first-order valence-electron chi connectivity index (χ1n) is 6.11. The average molecular weight is 228 g/mol. The van der Waals surface area contributed by atoms with Crippen molar-refractivity contribution >= 4 is 16.8 Å². The number of fused-ring (bicyclic) bond motifs is 3. The van der Waals surface area contributed by atoms with Crippen molar-refractivity contribution in [3.8, 4) is 0 Å². The fourth-order valence-electron chi connectivity index (χ4n) is 3.02. The van der Waals surface area contributed by atoms with E-state index >= 15 is 0 Å². The van der Waals surface area contributed by atoms with Crippen LogP contribution in [0, 0.1) is 19.8 Å². The monoisotopic (exact) mass is 228 g/mol. The van der Waals surface area contributed by atoms with E-state index in [4.69, 9.17) is 4.42 Å². The van der Waals surface area contributed by atoms with Crippen LogP contribution in [0.5, 0.6) is 0 Å². The van der Waals surface area contributed by atoms with Gasteiger partial charge in [0.2, 0.25) is 0 Å². The van der Waals surface area contributed by atoms with E-state index < -0.39 is 0 Å². The van der Waals surface area contributed by atoms with Crippen molar-refractivity contribution in [2.24, 2.45) is 5.92 Å². The van der Waals surface area contributed by atoms with Gasteiger partial charge in [-0.1, -0.05) is 6.92 Å². The van der Waals surface area contributed by atoms with E-state index in [2.05, 4.69) is 6.92 Å². The highest BCUT2D eigenvalue weighted by Gasteiger charge is 2.27. The van der Waals surface area contributed by atoms with Gasteiger partial charge in [0.25, 0.3) is 0 Å². The van der Waals surface area contributed by atoms with Crippen molar-refractivity contribution in [3.63, 3.8) is 0 Å². The first-order valence-corrected chi connectivity index (χ1v) is 6.11. The van der Waals surface area contributed by atoms with Crippen LogP contribution in [-0.2, 0) is 6.42 Å². The number of carbonyl (C=O) groups excluding carboxylic acids is 1. The van der Waals surface area contributed by atoms with Crippen LogP contribution in [0.15, 0.2) is 16.7 Å². The molecule has 1 atom stereocenters. The molecule has 0 saturated heterocycles. The number of aryl methyl sites for hydroxylation is 2. The van der Waals surface area contributed by atoms with Gasteiger partial charge < -0.3 is 4.42 Å². The number of Topliss-reactive ketones (excluding diaryl/α,β-unsaturated/α-hetero) is 1. The predicted molar refractivity (Wildman–Crippen MR) is 67.5 cm³/mol. The first-order chi connectivity index (χ1) is 8.08. The largest absolute Gasteiger partial charge is 0.464 e. The van der Waals surface area contributed by atoms with Crippen LogP contribution in [0.4, 0.5) is 0 Å². The molecule has 3 rings (SSSR count). The molecule has 0 unspecified atom stereocenters. The summed E-state index contributed by atoms with van der Waals surface area (Å²) in [5.41, 5.74) is 5.26. The highest BCUT2D eigenvalue weighted by molar-refractivity contribution is 6.05. The lowest BCUT2D eigenvalue weighted by molar-refractivity contribution is 0.0953. The van der Waals surface area contributed by atoms with Gasteiger partial charge >= 0.3 is 0 Å². The van der Waals surface area contributed by atoms with Gasteiger partial charge in [0, 0.05) is 17.4 Å². The molecule has 2 nitrogen and oxygen atoms in total. The summed E-state index contributed by atoms with van der Waals surface area (Å²) in [5, 5.41) is 1.16. The molecule has 1 aliphatic rings. The van der Waals surface area contributed by atoms with Crippen molar-refractivity contribution in [2.45, 2.75) is 33.6 Å². The molecule has 0 spiro atoms. The van der Waals surface area contributed by atoms with Gasteiger partial charge in [-0.25, -0.2) is 0 Å². The Morgan fingerprint density at radius 3 is 2.76 bits per heavy atom. The third-order valence-electron chi connectivity index (χ3n) is 3.71. The van der Waals surface area contributed by atoms with Gasteiger partial charge in [0.05, 0.1) is 6.26 Å². The van der Waals surface area contributed by atoms with Crippen LogP contribution in [0.3, 0.4) is 0 Å². The Kier molecular flexibility index (Phi) is 2.15. The van der Waals surface area contributed by atoms with Gasteiger partial charge in [0.1, 0.15) is 5.58 Å². The molecule has 1 aromatic heterocycles. The molecule has 1 aliphatic carbocycles. The molecule has 0 saturated carbocycles. The molecule has 0 bridgehead atoms. The Bertz CT molecular complexity index is 619. The summed E-state index contributed by atoms with van der Waals surface area (Å²) in [6.45, 7) is 6.19. The summed E-state index contributed by atoms with van der Waals surface area (Å²) in [6.07, 6.45) is 3.45. The lowest BCUT2D eigenvalue weighted by Crippen LogP contribution is -2.19. The predicted octanol–water partition coefficient (Wildman–Crippen LogP) is 3.81. The highest BCUT2D eigenvalue weighted by atomic mass is 16.3. The second-order valence-corrected chi connectivity index (χ2v) is 5.28. The normalized spacial score (nSPS) is 19.7. The van der Waals surface area contributed by atoms with Crippen molar-refractivity contribution in [1.82, 2.24) is 0 Å². The minimum Gasteiger partial charge on any atom is -0.464 e. The minimum atomic E-state index is 0.291. The highest BCUT2D eigenvalue weighted by Crippen LogP contribution is 2.36. The Balaban J connectivity index is 2.42. The second-order valence-electron chi connectivity index (χ2n) is 5.28. The molecule has 17 heavy (non-hydrogen) atoms. The number of furan rings is 1. The average Bonchev–Trinajstić information content (AvgIpc) is 2.59. The third kappa shape index (κ3) is 1.43. The van der Waals surface area contributed by atoms with Crippen LogP contribution < -0.4 is 0 Å². The van der Waals surface area contributed by atoms with Gasteiger partial charge in [-0.3, -0.25) is 4.79 Å². The molecule has 0 amide bonds. The Morgan fingerprint density at radius 2 is 2.00 bits per heavy atom. The number of benzene rings is 1. The lowest BCUT2D eigenvalue weighted by Gasteiger charge is -2.22. The summed E-state index contributed by atoms with van der Waals surface area (Å²) in [6, 6.07) is 2.00. The standard InChI is InChI=1S/C15H16O2/c1-8-4-11-14(12(16)5-8)9(2)6-13-15(11)10(3)7-17-13/h6-8H,4-5H2,1-3H3/t8-/m1/s1. The fraction of sp³-hybridized carbons (Fsp3) is 0.400. The van der Waals surface area contributed by atoms with Crippen LogP contribution in [-0.4, -0.2) is 5.78 Å². The zero-order valence-electron chi connectivity index (χ0n) is 10.5. The van der Waals surface area contributed by atoms with Crippen LogP contribution in [0.25, 0.3) is 11.0 Å². The summed E-state index contributed by atoms with van der Waals surface area (Å²) in [5.74, 6) is 0.730. The summed E-state index contributed by atoms with van der Waals surface area (Å²) < 4.78 is 5.55. The van der Waals surface area contributed by atoms with Crippen molar-refractivity contribution in [1.29, 1.82) is 0 Å². The Labute approximate surface area is 101 Å². The molecule has 0 radical (unpaired) electrons. The summed E-state index contributed by atoms with van der Waals surface area (Å²) in [7, 11) is 0. The molecule has 2 heteroatoms. The Morgan fingerprint density at radius 1 is 1.24 bits per heavy atom. The molecule has 88 valence electrons. The van der Waals surface area contributed by atoms with E-state index in [1.54, 1.807) is 6.26 Å². The number of carbonyl (C=O) groups is 1. The molecule has 0 aliphatic heterocycles. The lowest BCUT2D eigenvalue weighted by atomic mass is 9.80. The maximum atomic E-state index is 12.2. The topological polar surface area (TPSA) is 30.2 Å². The van der Waals surface area contributed by atoms with E-state index in [1.165, 1.54) is 5.56 Å². The molecular weight excluding hydrogens is 212 g/mol. The molecule has 2 aromatic rings. The zero-order valence-corrected chi connectivity index (χ0v) is 10.5. The number of hydrogen-bond acceptors (Lipinski definition) is 2. The van der Waals surface area contributed by atoms with E-state index in [1.807, 2.05) is 19.9 Å². The first kappa shape index (κ1) is 10.6. The van der Waals surface area contributed by atoms with Gasteiger partial charge in [-0.15, -0.1) is 0 Å². The Hall–Kier alpha value is -1.57. The molecule has 0 fully saturated rings. The van der Waals surface area contributed by atoms with Gasteiger partial charge in [0.15, 0.2) is 5.78 Å². The van der Waals surface area contributed by atoms with E-state index in [0.29, 0.717) is 18.1 Å². The summed E-state index contributed by atoms with van der Waals surface area (Å²) in [4.78, 5) is 12.2. The number of hydrogen-bond donors (Lipinski definition) is 0. The molecule has 1 heterocycles. The second kappa shape index (κ2) is 3.46. The maximum Gasteiger partial charge on any atom is 0.163 e. The molecule has 1 aromatic carbocycles. The maximum absolute atomic E-state index is 12.2. The molecular formula is C15H16O2. The van der Waals surface area contributed by atoms with Crippen LogP contribution >= 0.6 is 0 Å². The van der Waals surface area contributed by atoms with E-state index in [0.717, 1.165) is 34.1 Å². The summed E-state index contributed by atoms with van der Waals surface area (Å²) >= 11 is 0. The van der Waals surface area contributed by atoms with Crippen LogP contribution in [0.2, 0.25) is 0 Å². The zero-order chi connectivity index (χ0) is 12.2. The van der Waals surface area contributed by atoms with E-state index in [9.17, 15) is 4.79 Å². The minimum absolute atomic E-state index is 0.291. The SMILES string of the molecule is Cc1cc2occ(C)c2c2c1C(=O)C[C@H](C)C2. The smallest absolute Gasteiger partial charge is 0.163 e. The van der Waals surface area contributed by atoms with Crippen molar-refractivity contribution in [2.75, 3.05) is 0 Å². The van der Waals surface area contributed by atoms with Gasteiger partial charge in [-0.2, -0.15) is 0 Å². The molecule has 0 N–H and O–H groups in total. The third-order valence-corrected chi connectivity index (χ3v) is 3.71. The fourth-order valence-corrected chi connectivity index (χ4v) is 3.02. The van der Waals surface area contributed by atoms with Crippen molar-refractivity contribution in [3.05, 3.63) is 34.6 Å².